The largest absolute Gasteiger partial charge is 0.258 e. The zero-order valence-electron chi connectivity index (χ0n) is 6.37. The zero-order valence-corrected chi connectivity index (χ0v) is 7.26. The Labute approximate surface area is 66.0 Å². The third kappa shape index (κ3) is 1.16. The van der Waals surface area contributed by atoms with Crippen LogP contribution in [0.5, 0.6) is 0 Å². The van der Waals surface area contributed by atoms with Crippen LogP contribution in [-0.2, 0) is 0 Å². The molecule has 0 amide bonds. The average Bonchev–Trinajstić information content (AvgIpc) is 2.14. The second-order valence-corrected chi connectivity index (χ2v) is 2.97. The van der Waals surface area contributed by atoms with Crippen LogP contribution in [0.4, 0.5) is 0 Å². The summed E-state index contributed by atoms with van der Waals surface area (Å²) >= 11 is 4.19. The third-order valence-corrected chi connectivity index (χ3v) is 1.83. The quantitative estimate of drug-likeness (QED) is 0.625. The minimum Gasteiger partial charge on any atom is -0.258 e. The molecule has 0 saturated heterocycles. The summed E-state index contributed by atoms with van der Waals surface area (Å²) in [6, 6.07) is 0. The second kappa shape index (κ2) is 2.62. The summed E-state index contributed by atoms with van der Waals surface area (Å²) in [5, 5.41) is 7.83. The van der Waals surface area contributed by atoms with E-state index in [1.54, 1.807) is 3.97 Å². The molecule has 0 atom stereocenters. The van der Waals surface area contributed by atoms with Crippen LogP contribution < -0.4 is 0 Å². The van der Waals surface area contributed by atoms with E-state index in [1.807, 2.05) is 6.92 Å². The number of thiol groups is 1. The first-order chi connectivity index (χ1) is 4.63. The molecule has 0 bridgehead atoms. The van der Waals surface area contributed by atoms with Gasteiger partial charge in [-0.15, -0.1) is 10.2 Å². The summed E-state index contributed by atoms with van der Waals surface area (Å²) in [6.07, 6.45) is 0. The molecule has 0 spiro atoms. The highest BCUT2D eigenvalue weighted by molar-refractivity contribution is 7.78. The van der Waals surface area contributed by atoms with Crippen molar-refractivity contribution in [1.29, 1.82) is 0 Å². The Kier molecular flexibility index (Phi) is 1.99. The van der Waals surface area contributed by atoms with Crippen molar-refractivity contribution in [2.24, 2.45) is 0 Å². The molecule has 3 nitrogen and oxygen atoms in total. The van der Waals surface area contributed by atoms with Crippen molar-refractivity contribution in [2.75, 3.05) is 0 Å². The SMILES string of the molecule is Cc1nnc(C(C)C)n1S. The summed E-state index contributed by atoms with van der Waals surface area (Å²) in [6.45, 7) is 6.01. The first kappa shape index (κ1) is 7.60. The van der Waals surface area contributed by atoms with Gasteiger partial charge in [-0.2, -0.15) is 0 Å². The molecule has 0 radical (unpaired) electrons. The number of hydrogen-bond acceptors (Lipinski definition) is 3. The fourth-order valence-electron chi connectivity index (χ4n) is 0.734. The van der Waals surface area contributed by atoms with Crippen LogP contribution >= 0.6 is 12.8 Å². The lowest BCUT2D eigenvalue weighted by Gasteiger charge is -2.01. The molecule has 0 unspecified atom stereocenters. The van der Waals surface area contributed by atoms with E-state index in [9.17, 15) is 0 Å². The molecular weight excluding hydrogens is 146 g/mol. The van der Waals surface area contributed by atoms with Gasteiger partial charge in [0.15, 0.2) is 0 Å². The van der Waals surface area contributed by atoms with Gasteiger partial charge < -0.3 is 0 Å². The summed E-state index contributed by atoms with van der Waals surface area (Å²) in [5.74, 6) is 2.14. The van der Waals surface area contributed by atoms with E-state index < -0.39 is 0 Å². The molecule has 0 aliphatic carbocycles. The molecular formula is C6H11N3S. The molecule has 1 aromatic rings. The maximum atomic E-state index is 4.19. The maximum Gasteiger partial charge on any atom is 0.145 e. The lowest BCUT2D eigenvalue weighted by molar-refractivity contribution is 0.770. The van der Waals surface area contributed by atoms with Gasteiger partial charge in [0, 0.05) is 5.92 Å². The molecule has 1 heterocycles. The Morgan fingerprint density at radius 2 is 2.00 bits per heavy atom. The molecule has 0 fully saturated rings. The molecule has 0 saturated carbocycles. The van der Waals surface area contributed by atoms with E-state index in [0.717, 1.165) is 11.6 Å². The van der Waals surface area contributed by atoms with Crippen LogP contribution in [0.2, 0.25) is 0 Å². The first-order valence-corrected chi connectivity index (χ1v) is 3.64. The van der Waals surface area contributed by atoms with E-state index in [-0.39, 0.29) is 0 Å². The van der Waals surface area contributed by atoms with Crippen LogP contribution in [0.25, 0.3) is 0 Å². The molecule has 1 rings (SSSR count). The Balaban J connectivity index is 3.05. The van der Waals surface area contributed by atoms with Crippen molar-refractivity contribution < 1.29 is 0 Å². The molecule has 56 valence electrons. The highest BCUT2D eigenvalue weighted by Gasteiger charge is 2.08. The summed E-state index contributed by atoms with van der Waals surface area (Å²) in [5.41, 5.74) is 0. The Morgan fingerprint density at radius 3 is 2.20 bits per heavy atom. The topological polar surface area (TPSA) is 30.7 Å². The van der Waals surface area contributed by atoms with Crippen molar-refractivity contribution >= 4 is 12.8 Å². The average molecular weight is 157 g/mol. The molecule has 0 aliphatic heterocycles. The van der Waals surface area contributed by atoms with Crippen LogP contribution in [-0.4, -0.2) is 14.2 Å². The highest BCUT2D eigenvalue weighted by atomic mass is 32.1. The summed E-state index contributed by atoms with van der Waals surface area (Å²) in [4.78, 5) is 0. The lowest BCUT2D eigenvalue weighted by Crippen LogP contribution is -1.96. The van der Waals surface area contributed by atoms with Gasteiger partial charge in [-0.25, -0.2) is 0 Å². The Bertz CT molecular complexity index is 229. The molecule has 0 aliphatic rings. The van der Waals surface area contributed by atoms with E-state index in [2.05, 4.69) is 36.9 Å². The molecule has 0 N–H and O–H groups in total. The normalized spacial score (nSPS) is 10.9. The van der Waals surface area contributed by atoms with Gasteiger partial charge >= 0.3 is 0 Å². The van der Waals surface area contributed by atoms with Crippen LogP contribution in [0.1, 0.15) is 31.4 Å². The number of nitrogens with zero attached hydrogens (tertiary/aromatic N) is 3. The number of hydrogen-bond donors (Lipinski definition) is 1. The fraction of sp³-hybridized carbons (Fsp3) is 0.667. The monoisotopic (exact) mass is 157 g/mol. The van der Waals surface area contributed by atoms with Crippen molar-refractivity contribution in [1.82, 2.24) is 14.2 Å². The van der Waals surface area contributed by atoms with Crippen LogP contribution in [0.15, 0.2) is 0 Å². The van der Waals surface area contributed by atoms with Gasteiger partial charge in [-0.1, -0.05) is 26.7 Å². The van der Waals surface area contributed by atoms with Gasteiger partial charge in [0.25, 0.3) is 0 Å². The number of aryl methyl sites for hydroxylation is 1. The predicted molar refractivity (Wildman–Crippen MR) is 43.2 cm³/mol. The van der Waals surface area contributed by atoms with Crippen molar-refractivity contribution in [3.63, 3.8) is 0 Å². The summed E-state index contributed by atoms with van der Waals surface area (Å²) in [7, 11) is 0. The number of aromatic nitrogens is 3. The van der Waals surface area contributed by atoms with Gasteiger partial charge in [0.2, 0.25) is 0 Å². The van der Waals surface area contributed by atoms with Gasteiger partial charge in [0.1, 0.15) is 11.6 Å². The first-order valence-electron chi connectivity index (χ1n) is 3.24. The number of rotatable bonds is 1. The Morgan fingerprint density at radius 1 is 1.40 bits per heavy atom. The third-order valence-electron chi connectivity index (χ3n) is 1.34. The minimum absolute atomic E-state index is 0.388. The van der Waals surface area contributed by atoms with Gasteiger partial charge in [-0.05, 0) is 6.92 Å². The van der Waals surface area contributed by atoms with Crippen molar-refractivity contribution in [3.05, 3.63) is 11.6 Å². The highest BCUT2D eigenvalue weighted by Crippen LogP contribution is 2.13. The molecule has 4 heteroatoms. The van der Waals surface area contributed by atoms with Crippen LogP contribution in [0, 0.1) is 6.92 Å². The maximum absolute atomic E-state index is 4.19. The molecule has 10 heavy (non-hydrogen) atoms. The van der Waals surface area contributed by atoms with Crippen molar-refractivity contribution in [2.45, 2.75) is 26.7 Å². The van der Waals surface area contributed by atoms with Gasteiger partial charge in [0.05, 0.1) is 0 Å². The second-order valence-electron chi connectivity index (χ2n) is 2.57. The summed E-state index contributed by atoms with van der Waals surface area (Å²) < 4.78 is 1.71. The molecule has 0 aromatic carbocycles. The zero-order chi connectivity index (χ0) is 7.72. The van der Waals surface area contributed by atoms with E-state index in [0.29, 0.717) is 5.92 Å². The fourth-order valence-corrected chi connectivity index (χ4v) is 1.05. The van der Waals surface area contributed by atoms with E-state index in [1.165, 1.54) is 0 Å². The van der Waals surface area contributed by atoms with E-state index in [4.69, 9.17) is 0 Å². The lowest BCUT2D eigenvalue weighted by atomic mass is 10.2. The standard InChI is InChI=1S/C6H11N3S/c1-4(2)6-8-7-5(3)9(6)10/h4,10H,1-3H3. The van der Waals surface area contributed by atoms with Crippen LogP contribution in [0.3, 0.4) is 0 Å². The minimum atomic E-state index is 0.388. The Hall–Kier alpha value is -0.510. The molecule has 1 aromatic heterocycles. The predicted octanol–water partition coefficient (Wildman–Crippen LogP) is 1.40. The van der Waals surface area contributed by atoms with E-state index >= 15 is 0 Å². The smallest absolute Gasteiger partial charge is 0.145 e. The van der Waals surface area contributed by atoms with Gasteiger partial charge in [-0.3, -0.25) is 3.97 Å². The van der Waals surface area contributed by atoms with Crippen molar-refractivity contribution in [3.8, 4) is 0 Å².